The summed E-state index contributed by atoms with van der Waals surface area (Å²) >= 11 is 6.44. The van der Waals surface area contributed by atoms with Gasteiger partial charge < -0.3 is 10.1 Å². The summed E-state index contributed by atoms with van der Waals surface area (Å²) < 4.78 is 30.4. The molecule has 0 fully saturated rings. The molecule has 0 saturated heterocycles. The molecule has 0 aliphatic heterocycles. The number of anilines is 1. The van der Waals surface area contributed by atoms with E-state index in [1.165, 1.54) is 23.0 Å². The largest absolute Gasteiger partial charge is 0.435 e. The highest BCUT2D eigenvalue weighted by Crippen LogP contribution is 2.29. The van der Waals surface area contributed by atoms with E-state index in [9.17, 15) is 8.78 Å². The Bertz CT molecular complexity index is 869. The fourth-order valence-electron chi connectivity index (χ4n) is 2.45. The molecule has 25 heavy (non-hydrogen) atoms. The van der Waals surface area contributed by atoms with Gasteiger partial charge in [-0.05, 0) is 31.0 Å². The van der Waals surface area contributed by atoms with Crippen molar-refractivity contribution in [2.45, 2.75) is 32.9 Å². The zero-order valence-corrected chi connectivity index (χ0v) is 14.3. The van der Waals surface area contributed by atoms with Gasteiger partial charge in [-0.2, -0.15) is 23.4 Å². The van der Waals surface area contributed by atoms with Crippen LogP contribution in [0.5, 0.6) is 5.75 Å². The average Bonchev–Trinajstić information content (AvgIpc) is 3.05. The maximum atomic E-state index is 12.2. The summed E-state index contributed by atoms with van der Waals surface area (Å²) in [5, 5.41) is 7.91. The Labute approximate surface area is 147 Å². The number of rotatable bonds is 6. The van der Waals surface area contributed by atoms with Crippen molar-refractivity contribution in [2.75, 3.05) is 5.32 Å². The highest BCUT2D eigenvalue weighted by atomic mass is 35.5. The first kappa shape index (κ1) is 17.3. The molecule has 0 saturated carbocycles. The molecular formula is C16H16ClF2N5O. The molecule has 0 aliphatic carbocycles. The quantitative estimate of drug-likeness (QED) is 0.710. The van der Waals surface area contributed by atoms with Gasteiger partial charge in [-0.3, -0.25) is 0 Å². The van der Waals surface area contributed by atoms with E-state index in [1.54, 1.807) is 12.1 Å². The van der Waals surface area contributed by atoms with E-state index in [0.29, 0.717) is 23.0 Å². The maximum absolute atomic E-state index is 12.2. The van der Waals surface area contributed by atoms with Crippen LogP contribution in [0, 0.1) is 0 Å². The zero-order chi connectivity index (χ0) is 18.0. The summed E-state index contributed by atoms with van der Waals surface area (Å²) in [4.78, 5) is 8.47. The summed E-state index contributed by atoms with van der Waals surface area (Å²) in [5.74, 6) is 1.15. The highest BCUT2D eigenvalue weighted by Gasteiger charge is 2.17. The molecule has 1 atom stereocenters. The van der Waals surface area contributed by atoms with Crippen LogP contribution in [0.4, 0.5) is 14.6 Å². The van der Waals surface area contributed by atoms with E-state index in [0.717, 1.165) is 11.3 Å². The number of hydrogen-bond donors (Lipinski definition) is 1. The van der Waals surface area contributed by atoms with E-state index in [2.05, 4.69) is 25.1 Å². The first-order chi connectivity index (χ1) is 12.0. The maximum Gasteiger partial charge on any atom is 0.387 e. The fraction of sp³-hybridized carbons (Fsp3) is 0.312. The van der Waals surface area contributed by atoms with Crippen molar-refractivity contribution in [2.24, 2.45) is 0 Å². The normalized spacial score (nSPS) is 12.6. The van der Waals surface area contributed by atoms with Gasteiger partial charge in [0.15, 0.2) is 5.82 Å². The Morgan fingerprint density at radius 2 is 2.00 bits per heavy atom. The second-order valence-corrected chi connectivity index (χ2v) is 5.74. The Morgan fingerprint density at radius 1 is 1.28 bits per heavy atom. The molecule has 6 nitrogen and oxygen atoms in total. The van der Waals surface area contributed by atoms with Gasteiger partial charge in [0.25, 0.3) is 5.78 Å². The van der Waals surface area contributed by atoms with Crippen molar-refractivity contribution in [1.29, 1.82) is 0 Å². The third-order valence-corrected chi connectivity index (χ3v) is 4.13. The summed E-state index contributed by atoms with van der Waals surface area (Å²) in [6.45, 7) is 1.04. The van der Waals surface area contributed by atoms with Gasteiger partial charge in [0.2, 0.25) is 0 Å². The van der Waals surface area contributed by atoms with Crippen molar-refractivity contribution in [3.8, 4) is 5.75 Å². The Balaban J connectivity index is 1.88. The minimum absolute atomic E-state index is 0.111. The molecule has 0 aliphatic rings. The number of nitrogens with one attached hydrogen (secondary N) is 1. The van der Waals surface area contributed by atoms with Crippen LogP contribution >= 0.6 is 11.6 Å². The molecule has 0 radical (unpaired) electrons. The van der Waals surface area contributed by atoms with E-state index in [1.807, 2.05) is 13.8 Å². The van der Waals surface area contributed by atoms with E-state index >= 15 is 0 Å². The van der Waals surface area contributed by atoms with Crippen LogP contribution < -0.4 is 10.1 Å². The highest BCUT2D eigenvalue weighted by molar-refractivity contribution is 6.33. The second-order valence-electron chi connectivity index (χ2n) is 5.36. The molecular weight excluding hydrogens is 352 g/mol. The summed E-state index contributed by atoms with van der Waals surface area (Å²) in [7, 11) is 0. The molecule has 2 heterocycles. The van der Waals surface area contributed by atoms with Gasteiger partial charge in [0.1, 0.15) is 17.1 Å². The lowest BCUT2D eigenvalue weighted by Crippen LogP contribution is -2.13. The fourth-order valence-corrected chi connectivity index (χ4v) is 2.76. The van der Waals surface area contributed by atoms with Crippen LogP contribution in [0.1, 0.15) is 31.1 Å². The molecule has 0 unspecified atom stereocenters. The van der Waals surface area contributed by atoms with Crippen molar-refractivity contribution in [3.63, 3.8) is 0 Å². The van der Waals surface area contributed by atoms with Crippen LogP contribution in [0.2, 0.25) is 5.02 Å². The number of fused-ring (bicyclic) bond motifs is 1. The number of nitrogens with zero attached hydrogens (tertiary/aromatic N) is 4. The molecule has 9 heteroatoms. The van der Waals surface area contributed by atoms with Gasteiger partial charge in [-0.1, -0.05) is 30.7 Å². The van der Waals surface area contributed by atoms with Crippen molar-refractivity contribution >= 4 is 23.2 Å². The molecule has 132 valence electrons. The summed E-state index contributed by atoms with van der Waals surface area (Å²) in [6.07, 6.45) is 2.06. The summed E-state index contributed by atoms with van der Waals surface area (Å²) in [6, 6.07) is 6.26. The number of halogens is 3. The second kappa shape index (κ2) is 7.18. The average molecular weight is 368 g/mol. The smallest absolute Gasteiger partial charge is 0.387 e. The molecule has 1 aromatic carbocycles. The zero-order valence-electron chi connectivity index (χ0n) is 13.6. The molecule has 0 amide bonds. The number of aryl methyl sites for hydroxylation is 1. The Kier molecular flexibility index (Phi) is 4.98. The van der Waals surface area contributed by atoms with E-state index in [4.69, 9.17) is 11.6 Å². The molecule has 3 aromatic rings. The van der Waals surface area contributed by atoms with Gasteiger partial charge in [0, 0.05) is 6.04 Å². The minimum atomic E-state index is -2.84. The van der Waals surface area contributed by atoms with Crippen LogP contribution in [-0.4, -0.2) is 26.2 Å². The van der Waals surface area contributed by atoms with Gasteiger partial charge in [0.05, 0.1) is 5.69 Å². The van der Waals surface area contributed by atoms with E-state index in [-0.39, 0.29) is 11.8 Å². The minimum Gasteiger partial charge on any atom is -0.435 e. The van der Waals surface area contributed by atoms with Gasteiger partial charge in [-0.25, -0.2) is 4.98 Å². The number of alkyl halides is 2. The van der Waals surface area contributed by atoms with Crippen molar-refractivity contribution in [3.05, 3.63) is 46.9 Å². The predicted octanol–water partition coefficient (Wildman–Crippen LogP) is 4.11. The summed E-state index contributed by atoms with van der Waals surface area (Å²) in [5.41, 5.74) is 1.60. The van der Waals surface area contributed by atoms with E-state index < -0.39 is 6.61 Å². The molecule has 0 bridgehead atoms. The van der Waals surface area contributed by atoms with Crippen LogP contribution in [0.3, 0.4) is 0 Å². The monoisotopic (exact) mass is 367 g/mol. The lowest BCUT2D eigenvalue weighted by atomic mass is 10.1. The third-order valence-electron chi connectivity index (χ3n) is 3.73. The SMILES string of the molecule is CCc1nc2ncnn2c(N[C@@H](C)c2ccc(OC(F)F)cc2)c1Cl. The number of ether oxygens (including phenoxy) is 1. The lowest BCUT2D eigenvalue weighted by Gasteiger charge is -2.18. The molecule has 1 N–H and O–H groups in total. The number of hydrogen-bond acceptors (Lipinski definition) is 5. The van der Waals surface area contributed by atoms with Crippen molar-refractivity contribution in [1.82, 2.24) is 19.6 Å². The Morgan fingerprint density at radius 3 is 2.64 bits per heavy atom. The number of benzene rings is 1. The number of aromatic nitrogens is 4. The van der Waals surface area contributed by atoms with Gasteiger partial charge >= 0.3 is 6.61 Å². The third kappa shape index (κ3) is 3.63. The first-order valence-corrected chi connectivity index (χ1v) is 8.06. The van der Waals surface area contributed by atoms with Crippen molar-refractivity contribution < 1.29 is 13.5 Å². The first-order valence-electron chi connectivity index (χ1n) is 7.69. The molecule has 0 spiro atoms. The van der Waals surface area contributed by atoms with Gasteiger partial charge in [-0.15, -0.1) is 0 Å². The predicted molar refractivity (Wildman–Crippen MR) is 90.3 cm³/mol. The topological polar surface area (TPSA) is 64.3 Å². The van der Waals surface area contributed by atoms with Crippen LogP contribution in [-0.2, 0) is 6.42 Å². The Hall–Kier alpha value is -2.48. The molecule has 2 aromatic heterocycles. The lowest BCUT2D eigenvalue weighted by molar-refractivity contribution is -0.0498. The van der Waals surface area contributed by atoms with Crippen LogP contribution in [0.25, 0.3) is 5.78 Å². The standard InChI is InChI=1S/C16H16ClF2N5O/c1-3-12-13(17)14(24-16(23-12)20-8-21-24)22-9(2)10-4-6-11(7-5-10)25-15(18)19/h4-9,15,22H,3H2,1-2H3/t9-/m0/s1. The van der Waals surface area contributed by atoms with Crippen LogP contribution in [0.15, 0.2) is 30.6 Å². The molecule has 3 rings (SSSR count).